The molecule has 1 atom stereocenters. The summed E-state index contributed by atoms with van der Waals surface area (Å²) in [5, 5.41) is 0. The van der Waals surface area contributed by atoms with Gasteiger partial charge in [0.25, 0.3) is 5.91 Å². The van der Waals surface area contributed by atoms with Crippen LogP contribution in [0.15, 0.2) is 6.07 Å². The van der Waals surface area contributed by atoms with Gasteiger partial charge in [-0.25, -0.2) is 0 Å². The number of rotatable bonds is 7. The highest BCUT2D eigenvalue weighted by Gasteiger charge is 2.23. The summed E-state index contributed by atoms with van der Waals surface area (Å²) >= 11 is 1.67. The number of aryl methyl sites for hydroxylation is 1. The Labute approximate surface area is 131 Å². The van der Waals surface area contributed by atoms with Crippen LogP contribution in [0.1, 0.15) is 33.5 Å². The van der Waals surface area contributed by atoms with E-state index in [-0.39, 0.29) is 5.91 Å². The molecule has 1 aliphatic rings. The Bertz CT molecular complexity index is 464. The van der Waals surface area contributed by atoms with Crippen molar-refractivity contribution in [2.45, 2.75) is 26.2 Å². The number of carbonyl (C=O) groups excluding carboxylic acids is 1. The standard InChI is InChI=1S/C16H25NO3S/c1-12-4-5-14-13(10-12)11-15(21-14)16(18)17(6-8-19-2)7-9-20-3/h11-12H,4-10H2,1-3H3. The summed E-state index contributed by atoms with van der Waals surface area (Å²) in [4.78, 5) is 16.8. The molecule has 118 valence electrons. The molecule has 1 heterocycles. The van der Waals surface area contributed by atoms with Crippen molar-refractivity contribution >= 4 is 17.2 Å². The van der Waals surface area contributed by atoms with Gasteiger partial charge >= 0.3 is 0 Å². The second-order valence-electron chi connectivity index (χ2n) is 5.68. The van der Waals surface area contributed by atoms with Crippen LogP contribution in [0, 0.1) is 5.92 Å². The molecule has 1 aliphatic carbocycles. The van der Waals surface area contributed by atoms with Gasteiger partial charge < -0.3 is 14.4 Å². The molecule has 0 aliphatic heterocycles. The van der Waals surface area contributed by atoms with E-state index in [0.29, 0.717) is 26.3 Å². The summed E-state index contributed by atoms with van der Waals surface area (Å²) in [7, 11) is 3.31. The topological polar surface area (TPSA) is 38.8 Å². The minimum absolute atomic E-state index is 0.108. The number of hydrogen-bond donors (Lipinski definition) is 0. The second-order valence-corrected chi connectivity index (χ2v) is 6.82. The Hall–Kier alpha value is -0.910. The van der Waals surface area contributed by atoms with E-state index in [0.717, 1.165) is 23.6 Å². The molecule has 0 fully saturated rings. The molecule has 1 unspecified atom stereocenters. The van der Waals surface area contributed by atoms with Crippen LogP contribution in [0.3, 0.4) is 0 Å². The minimum Gasteiger partial charge on any atom is -0.383 e. The number of methoxy groups -OCH3 is 2. The molecule has 0 bridgehead atoms. The second kappa shape index (κ2) is 7.92. The van der Waals surface area contributed by atoms with Crippen molar-refractivity contribution in [2.75, 3.05) is 40.5 Å². The Morgan fingerprint density at radius 1 is 1.33 bits per heavy atom. The third kappa shape index (κ3) is 4.28. The van der Waals surface area contributed by atoms with E-state index in [1.807, 2.05) is 4.90 Å². The average Bonchev–Trinajstić information content (AvgIpc) is 2.89. The summed E-state index contributed by atoms with van der Waals surface area (Å²) in [6.45, 7) is 4.61. The van der Waals surface area contributed by atoms with Gasteiger partial charge in [-0.1, -0.05) is 6.92 Å². The number of hydrogen-bond acceptors (Lipinski definition) is 4. The fourth-order valence-electron chi connectivity index (χ4n) is 2.68. The van der Waals surface area contributed by atoms with Crippen LogP contribution < -0.4 is 0 Å². The zero-order chi connectivity index (χ0) is 15.2. The molecular formula is C16H25NO3S. The molecule has 0 saturated heterocycles. The van der Waals surface area contributed by atoms with Crippen LogP contribution in [-0.4, -0.2) is 51.3 Å². The molecule has 21 heavy (non-hydrogen) atoms. The Balaban J connectivity index is 2.08. The molecule has 0 radical (unpaired) electrons. The van der Waals surface area contributed by atoms with Gasteiger partial charge in [0.15, 0.2) is 0 Å². The molecule has 0 spiro atoms. The van der Waals surface area contributed by atoms with Crippen molar-refractivity contribution in [1.82, 2.24) is 4.90 Å². The number of fused-ring (bicyclic) bond motifs is 1. The molecule has 4 nitrogen and oxygen atoms in total. The third-order valence-electron chi connectivity index (χ3n) is 3.96. The molecule has 5 heteroatoms. The average molecular weight is 311 g/mol. The lowest BCUT2D eigenvalue weighted by atomic mass is 9.90. The Kier molecular flexibility index (Phi) is 6.21. The molecule has 0 saturated carbocycles. The number of thiophene rings is 1. The molecule has 0 N–H and O–H groups in total. The molecule has 1 aromatic rings. The van der Waals surface area contributed by atoms with Crippen LogP contribution in [0.4, 0.5) is 0 Å². The molecular weight excluding hydrogens is 286 g/mol. The van der Waals surface area contributed by atoms with E-state index in [4.69, 9.17) is 9.47 Å². The summed E-state index contributed by atoms with van der Waals surface area (Å²) in [6.07, 6.45) is 3.46. The lowest BCUT2D eigenvalue weighted by molar-refractivity contribution is 0.0632. The zero-order valence-corrected chi connectivity index (χ0v) is 14.0. The number of amides is 1. The van der Waals surface area contributed by atoms with Gasteiger partial charge in [-0.05, 0) is 36.8 Å². The van der Waals surface area contributed by atoms with Crippen molar-refractivity contribution < 1.29 is 14.3 Å². The first kappa shape index (κ1) is 16.5. The smallest absolute Gasteiger partial charge is 0.264 e. The summed E-state index contributed by atoms with van der Waals surface area (Å²) < 4.78 is 10.2. The highest BCUT2D eigenvalue weighted by atomic mass is 32.1. The van der Waals surface area contributed by atoms with Gasteiger partial charge in [0, 0.05) is 32.2 Å². The van der Waals surface area contributed by atoms with Crippen LogP contribution >= 0.6 is 11.3 Å². The third-order valence-corrected chi connectivity index (χ3v) is 5.18. The van der Waals surface area contributed by atoms with Crippen molar-refractivity contribution in [3.63, 3.8) is 0 Å². The lowest BCUT2D eigenvalue weighted by Gasteiger charge is -2.21. The number of carbonyl (C=O) groups is 1. The maximum atomic E-state index is 12.7. The first-order valence-electron chi connectivity index (χ1n) is 7.54. The molecule has 2 rings (SSSR count). The van der Waals surface area contributed by atoms with Gasteiger partial charge in [-0.3, -0.25) is 4.79 Å². The summed E-state index contributed by atoms with van der Waals surface area (Å²) in [5.74, 6) is 0.837. The Morgan fingerprint density at radius 2 is 2.00 bits per heavy atom. The van der Waals surface area contributed by atoms with Crippen molar-refractivity contribution in [3.05, 3.63) is 21.4 Å². The number of nitrogens with zero attached hydrogens (tertiary/aromatic N) is 1. The molecule has 0 aromatic carbocycles. The largest absolute Gasteiger partial charge is 0.383 e. The van der Waals surface area contributed by atoms with Gasteiger partial charge in [0.2, 0.25) is 0 Å². The normalized spacial score (nSPS) is 17.6. The fourth-order valence-corrected chi connectivity index (χ4v) is 3.86. The maximum Gasteiger partial charge on any atom is 0.264 e. The maximum absolute atomic E-state index is 12.7. The van der Waals surface area contributed by atoms with Crippen LogP contribution in [-0.2, 0) is 22.3 Å². The number of ether oxygens (including phenoxy) is 2. The predicted octanol–water partition coefficient (Wildman–Crippen LogP) is 2.61. The van der Waals surface area contributed by atoms with Crippen LogP contribution in [0.25, 0.3) is 0 Å². The van der Waals surface area contributed by atoms with Crippen molar-refractivity contribution in [3.8, 4) is 0 Å². The van der Waals surface area contributed by atoms with E-state index in [1.54, 1.807) is 25.6 Å². The van der Waals surface area contributed by atoms with E-state index in [9.17, 15) is 4.79 Å². The van der Waals surface area contributed by atoms with Crippen LogP contribution in [0.2, 0.25) is 0 Å². The lowest BCUT2D eigenvalue weighted by Crippen LogP contribution is -2.36. The first-order valence-corrected chi connectivity index (χ1v) is 8.36. The van der Waals surface area contributed by atoms with Crippen molar-refractivity contribution in [1.29, 1.82) is 0 Å². The van der Waals surface area contributed by atoms with E-state index in [2.05, 4.69) is 13.0 Å². The van der Waals surface area contributed by atoms with Crippen molar-refractivity contribution in [2.24, 2.45) is 5.92 Å². The monoisotopic (exact) mass is 311 g/mol. The van der Waals surface area contributed by atoms with Crippen LogP contribution in [0.5, 0.6) is 0 Å². The molecule has 1 aromatic heterocycles. The van der Waals surface area contributed by atoms with Gasteiger partial charge in [-0.2, -0.15) is 0 Å². The highest BCUT2D eigenvalue weighted by Crippen LogP contribution is 2.32. The quantitative estimate of drug-likeness (QED) is 0.777. The SMILES string of the molecule is COCCN(CCOC)C(=O)c1cc2c(s1)CCC(C)C2. The van der Waals surface area contributed by atoms with E-state index >= 15 is 0 Å². The van der Waals surface area contributed by atoms with E-state index < -0.39 is 0 Å². The minimum atomic E-state index is 0.108. The van der Waals surface area contributed by atoms with Gasteiger partial charge in [0.1, 0.15) is 0 Å². The molecule has 1 amide bonds. The summed E-state index contributed by atoms with van der Waals surface area (Å²) in [6, 6.07) is 2.10. The zero-order valence-electron chi connectivity index (χ0n) is 13.2. The van der Waals surface area contributed by atoms with E-state index in [1.165, 1.54) is 16.9 Å². The Morgan fingerprint density at radius 3 is 2.62 bits per heavy atom. The fraction of sp³-hybridized carbons (Fsp3) is 0.688. The van der Waals surface area contributed by atoms with Gasteiger partial charge in [-0.15, -0.1) is 11.3 Å². The predicted molar refractivity (Wildman–Crippen MR) is 85.2 cm³/mol. The first-order chi connectivity index (χ1) is 10.2. The summed E-state index contributed by atoms with van der Waals surface area (Å²) in [5.41, 5.74) is 1.38. The highest BCUT2D eigenvalue weighted by molar-refractivity contribution is 7.14. The van der Waals surface area contributed by atoms with Gasteiger partial charge in [0.05, 0.1) is 18.1 Å².